The van der Waals surface area contributed by atoms with E-state index in [1.165, 1.54) is 21.9 Å². The van der Waals surface area contributed by atoms with Crippen molar-refractivity contribution in [2.45, 2.75) is 38.4 Å². The van der Waals surface area contributed by atoms with Crippen LogP contribution in [-0.4, -0.2) is 36.5 Å². The van der Waals surface area contributed by atoms with Gasteiger partial charge in [0.1, 0.15) is 0 Å². The number of rotatable bonds is 7. The second-order valence-electron chi connectivity index (χ2n) is 8.27. The van der Waals surface area contributed by atoms with E-state index in [9.17, 15) is 4.79 Å². The van der Waals surface area contributed by atoms with Crippen LogP contribution < -0.4 is 10.6 Å². The number of nitrogens with one attached hydrogen (secondary N) is 2. The molecule has 4 rings (SSSR count). The van der Waals surface area contributed by atoms with Gasteiger partial charge in [0, 0.05) is 31.7 Å². The Morgan fingerprint density at radius 3 is 2.47 bits per heavy atom. The summed E-state index contributed by atoms with van der Waals surface area (Å²) in [5.41, 5.74) is 2.58. The molecule has 3 aromatic carbocycles. The quantitative estimate of drug-likeness (QED) is 0.621. The van der Waals surface area contributed by atoms with E-state index in [1.54, 1.807) is 0 Å². The number of nitrogens with zero attached hydrogens (tertiary/aromatic N) is 1. The van der Waals surface area contributed by atoms with E-state index in [0.29, 0.717) is 6.54 Å². The van der Waals surface area contributed by atoms with Crippen LogP contribution in [0.15, 0.2) is 72.8 Å². The van der Waals surface area contributed by atoms with Crippen molar-refractivity contribution in [3.05, 3.63) is 83.9 Å². The fourth-order valence-corrected chi connectivity index (χ4v) is 4.34. The van der Waals surface area contributed by atoms with Gasteiger partial charge in [-0.3, -0.25) is 9.69 Å². The molecule has 30 heavy (non-hydrogen) atoms. The van der Waals surface area contributed by atoms with E-state index < -0.39 is 0 Å². The van der Waals surface area contributed by atoms with Gasteiger partial charge in [0.25, 0.3) is 0 Å². The Labute approximate surface area is 179 Å². The summed E-state index contributed by atoms with van der Waals surface area (Å²) >= 11 is 0. The van der Waals surface area contributed by atoms with Crippen LogP contribution in [0.5, 0.6) is 0 Å². The molecule has 4 heteroatoms. The van der Waals surface area contributed by atoms with Crippen LogP contribution in [0.3, 0.4) is 0 Å². The lowest BCUT2D eigenvalue weighted by Crippen LogP contribution is -2.46. The fourth-order valence-electron chi connectivity index (χ4n) is 4.34. The number of piperidine rings is 1. The van der Waals surface area contributed by atoms with Crippen LogP contribution in [0.4, 0.5) is 0 Å². The zero-order valence-corrected chi connectivity index (χ0v) is 17.7. The Balaban J connectivity index is 1.22. The summed E-state index contributed by atoms with van der Waals surface area (Å²) in [6.07, 6.45) is 2.02. The molecule has 1 fully saturated rings. The van der Waals surface area contributed by atoms with Crippen molar-refractivity contribution in [3.63, 3.8) is 0 Å². The van der Waals surface area contributed by atoms with Gasteiger partial charge in [0.2, 0.25) is 5.91 Å². The minimum atomic E-state index is 0.0867. The molecule has 1 aliphatic rings. The third-order valence-corrected chi connectivity index (χ3v) is 6.06. The van der Waals surface area contributed by atoms with E-state index in [0.717, 1.165) is 32.5 Å². The molecule has 0 saturated carbocycles. The van der Waals surface area contributed by atoms with Crippen molar-refractivity contribution in [2.75, 3.05) is 19.6 Å². The van der Waals surface area contributed by atoms with Crippen LogP contribution in [0.2, 0.25) is 0 Å². The van der Waals surface area contributed by atoms with E-state index in [-0.39, 0.29) is 18.0 Å². The highest BCUT2D eigenvalue weighted by molar-refractivity contribution is 5.86. The number of likely N-dealkylation sites (tertiary alicyclic amines) is 1. The standard InChI is InChI=1S/C26H31N3O/c1-20(24-13-7-11-22-10-5-6-12-25(22)24)27-18-26(30)28-23-14-16-29(17-15-23)19-21-8-3-2-4-9-21/h2-13,20,23,27H,14-19H2,1H3,(H,28,30)/t20-/m0/s1. The normalized spacial score (nSPS) is 16.4. The van der Waals surface area contributed by atoms with E-state index in [4.69, 9.17) is 0 Å². The molecule has 0 unspecified atom stereocenters. The molecule has 0 bridgehead atoms. The Bertz CT molecular complexity index is 959. The first-order valence-corrected chi connectivity index (χ1v) is 11.0. The maximum absolute atomic E-state index is 12.5. The summed E-state index contributed by atoms with van der Waals surface area (Å²) in [7, 11) is 0. The van der Waals surface area contributed by atoms with Crippen molar-refractivity contribution < 1.29 is 4.79 Å². The molecule has 0 radical (unpaired) electrons. The van der Waals surface area contributed by atoms with Crippen molar-refractivity contribution in [1.29, 1.82) is 0 Å². The smallest absolute Gasteiger partial charge is 0.234 e. The second kappa shape index (κ2) is 9.88. The third-order valence-electron chi connectivity index (χ3n) is 6.06. The van der Waals surface area contributed by atoms with Gasteiger partial charge in [-0.2, -0.15) is 0 Å². The van der Waals surface area contributed by atoms with Crippen LogP contribution in [0, 0.1) is 0 Å². The van der Waals surface area contributed by atoms with Gasteiger partial charge in [-0.1, -0.05) is 72.8 Å². The number of hydrogen-bond donors (Lipinski definition) is 2. The molecule has 4 nitrogen and oxygen atoms in total. The van der Waals surface area contributed by atoms with Crippen molar-refractivity contribution in [1.82, 2.24) is 15.5 Å². The molecule has 156 valence electrons. The maximum Gasteiger partial charge on any atom is 0.234 e. The molecule has 1 aliphatic heterocycles. The first kappa shape index (κ1) is 20.6. The number of carbonyl (C=O) groups is 1. The molecule has 0 spiro atoms. The second-order valence-corrected chi connectivity index (χ2v) is 8.27. The van der Waals surface area contributed by atoms with Gasteiger partial charge < -0.3 is 10.6 Å². The van der Waals surface area contributed by atoms with Crippen LogP contribution >= 0.6 is 0 Å². The molecule has 2 N–H and O–H groups in total. The minimum absolute atomic E-state index is 0.0867. The fraction of sp³-hybridized carbons (Fsp3) is 0.346. The van der Waals surface area contributed by atoms with Crippen molar-refractivity contribution in [2.24, 2.45) is 0 Å². The van der Waals surface area contributed by atoms with Gasteiger partial charge in [0.05, 0.1) is 6.54 Å². The molecule has 0 aliphatic carbocycles. The highest BCUT2D eigenvalue weighted by Crippen LogP contribution is 2.23. The van der Waals surface area contributed by atoms with Gasteiger partial charge in [-0.25, -0.2) is 0 Å². The first-order valence-electron chi connectivity index (χ1n) is 11.0. The lowest BCUT2D eigenvalue weighted by molar-refractivity contribution is -0.121. The maximum atomic E-state index is 12.5. The van der Waals surface area contributed by atoms with E-state index >= 15 is 0 Å². The lowest BCUT2D eigenvalue weighted by Gasteiger charge is -2.32. The summed E-state index contributed by atoms with van der Waals surface area (Å²) < 4.78 is 0. The van der Waals surface area contributed by atoms with Gasteiger partial charge in [-0.05, 0) is 41.7 Å². The topological polar surface area (TPSA) is 44.4 Å². The summed E-state index contributed by atoms with van der Waals surface area (Å²) in [5.74, 6) is 0.0867. The average Bonchev–Trinajstić information content (AvgIpc) is 2.79. The lowest BCUT2D eigenvalue weighted by atomic mass is 10.00. The zero-order chi connectivity index (χ0) is 20.8. The first-order chi connectivity index (χ1) is 14.7. The molecular weight excluding hydrogens is 370 g/mol. The molecule has 1 heterocycles. The summed E-state index contributed by atoms with van der Waals surface area (Å²) in [6, 6.07) is 25.7. The van der Waals surface area contributed by atoms with Crippen molar-refractivity contribution >= 4 is 16.7 Å². The molecule has 1 amide bonds. The number of hydrogen-bond acceptors (Lipinski definition) is 3. The Hall–Kier alpha value is -2.69. The van der Waals surface area contributed by atoms with Gasteiger partial charge in [0.15, 0.2) is 0 Å². The number of fused-ring (bicyclic) bond motifs is 1. The van der Waals surface area contributed by atoms with Crippen LogP contribution in [0.1, 0.15) is 36.9 Å². The number of benzene rings is 3. The average molecular weight is 402 g/mol. The number of amides is 1. The summed E-state index contributed by atoms with van der Waals surface area (Å²) in [6.45, 7) is 5.51. The van der Waals surface area contributed by atoms with Crippen molar-refractivity contribution in [3.8, 4) is 0 Å². The van der Waals surface area contributed by atoms with Crippen LogP contribution in [0.25, 0.3) is 10.8 Å². The SMILES string of the molecule is C[C@H](NCC(=O)NC1CCN(Cc2ccccc2)CC1)c1cccc2ccccc12. The summed E-state index contributed by atoms with van der Waals surface area (Å²) in [5, 5.41) is 9.09. The van der Waals surface area contributed by atoms with Gasteiger partial charge >= 0.3 is 0 Å². The molecule has 1 atom stereocenters. The highest BCUT2D eigenvalue weighted by atomic mass is 16.2. The van der Waals surface area contributed by atoms with Crippen LogP contribution in [-0.2, 0) is 11.3 Å². The third kappa shape index (κ3) is 5.26. The summed E-state index contributed by atoms with van der Waals surface area (Å²) in [4.78, 5) is 15.0. The monoisotopic (exact) mass is 401 g/mol. The predicted octanol–water partition coefficient (Wildman–Crippen LogP) is 4.27. The number of carbonyl (C=O) groups excluding carboxylic acids is 1. The minimum Gasteiger partial charge on any atom is -0.352 e. The Morgan fingerprint density at radius 2 is 1.67 bits per heavy atom. The Kier molecular flexibility index (Phi) is 6.77. The predicted molar refractivity (Wildman–Crippen MR) is 123 cm³/mol. The zero-order valence-electron chi connectivity index (χ0n) is 17.7. The van der Waals surface area contributed by atoms with E-state index in [1.807, 2.05) is 0 Å². The van der Waals surface area contributed by atoms with E-state index in [2.05, 4.69) is 95.3 Å². The van der Waals surface area contributed by atoms with Gasteiger partial charge in [-0.15, -0.1) is 0 Å². The largest absolute Gasteiger partial charge is 0.352 e. The highest BCUT2D eigenvalue weighted by Gasteiger charge is 2.21. The molecule has 1 saturated heterocycles. The molecular formula is C26H31N3O. The molecule has 3 aromatic rings. The molecule has 0 aromatic heterocycles. The Morgan fingerprint density at radius 1 is 0.967 bits per heavy atom.